The minimum atomic E-state index is -0.703. The molecule has 0 bridgehead atoms. The third-order valence-corrected chi connectivity index (χ3v) is 9.92. The van der Waals surface area contributed by atoms with E-state index in [4.69, 9.17) is 13.9 Å². The van der Waals surface area contributed by atoms with Crippen LogP contribution in [0.4, 0.5) is 0 Å². The van der Waals surface area contributed by atoms with Gasteiger partial charge in [-0.15, -0.1) is 0 Å². The van der Waals surface area contributed by atoms with Gasteiger partial charge in [0.25, 0.3) is 0 Å². The number of aromatic hydroxyl groups is 1. The Labute approximate surface area is 301 Å². The van der Waals surface area contributed by atoms with E-state index < -0.39 is 11.9 Å². The van der Waals surface area contributed by atoms with Gasteiger partial charge in [-0.2, -0.15) is 0 Å². The Hall–Kier alpha value is -2.29. The Morgan fingerprint density at radius 2 is 1.11 bits per heavy atom. The van der Waals surface area contributed by atoms with Crippen LogP contribution in [0.25, 0.3) is 11.0 Å². The van der Waals surface area contributed by atoms with Crippen molar-refractivity contribution < 1.29 is 33.4 Å². The topological polar surface area (TPSA) is 103 Å². The first-order chi connectivity index (χ1) is 20.9. The SMILES string of the molecule is CCc1oc2ccccc2c1C(=O)c1cc(Br)c(OC(=O)c2cc(Br)c(OC(=O)c3cc(Br)c(O)c(Br)c3)c(Br)c2)c(Br)c1. The number of aryl methyl sites for hydroxylation is 1. The van der Waals surface area contributed by atoms with Crippen molar-refractivity contribution in [3.63, 3.8) is 0 Å². The molecular formula is C31H16Br6O7. The number of hydrogen-bond donors (Lipinski definition) is 1. The molecule has 7 nitrogen and oxygen atoms in total. The van der Waals surface area contributed by atoms with Gasteiger partial charge in [0, 0.05) is 17.4 Å². The number of phenolic OH excluding ortho intramolecular Hbond substituents is 1. The van der Waals surface area contributed by atoms with Crippen LogP contribution in [0.1, 0.15) is 49.3 Å². The number of ether oxygens (including phenoxy) is 2. The van der Waals surface area contributed by atoms with Crippen molar-refractivity contribution in [1.82, 2.24) is 0 Å². The predicted molar refractivity (Wildman–Crippen MR) is 186 cm³/mol. The van der Waals surface area contributed by atoms with Crippen LogP contribution in [0, 0.1) is 0 Å². The van der Waals surface area contributed by atoms with Crippen molar-refractivity contribution >= 4 is 124 Å². The predicted octanol–water partition coefficient (Wildman–Crippen LogP) is 10.9. The molecular weight excluding hydrogens is 964 g/mol. The maximum absolute atomic E-state index is 13.6. The summed E-state index contributed by atoms with van der Waals surface area (Å²) in [6, 6.07) is 16.3. The first kappa shape index (κ1) is 33.1. The Morgan fingerprint density at radius 1 is 0.682 bits per heavy atom. The molecule has 13 heteroatoms. The zero-order valence-electron chi connectivity index (χ0n) is 22.1. The number of para-hydroxylation sites is 1. The summed E-state index contributed by atoms with van der Waals surface area (Å²) >= 11 is 20.0. The van der Waals surface area contributed by atoms with Gasteiger partial charge in [0.15, 0.2) is 17.3 Å². The molecule has 1 heterocycles. The molecule has 5 aromatic rings. The summed E-state index contributed by atoms with van der Waals surface area (Å²) in [7, 11) is 0. The lowest BCUT2D eigenvalue weighted by atomic mass is 9.99. The number of halogens is 6. The molecule has 44 heavy (non-hydrogen) atoms. The van der Waals surface area contributed by atoms with Crippen molar-refractivity contribution in [3.05, 3.63) is 116 Å². The number of benzene rings is 4. The summed E-state index contributed by atoms with van der Waals surface area (Å²) in [6.45, 7) is 1.92. The molecule has 5 rings (SSSR count). The first-order valence-electron chi connectivity index (χ1n) is 12.5. The largest absolute Gasteiger partial charge is 0.506 e. The summed E-state index contributed by atoms with van der Waals surface area (Å²) < 4.78 is 19.1. The van der Waals surface area contributed by atoms with Crippen LogP contribution >= 0.6 is 95.6 Å². The molecule has 0 fully saturated rings. The number of furan rings is 1. The van der Waals surface area contributed by atoms with E-state index in [1.807, 2.05) is 31.2 Å². The van der Waals surface area contributed by atoms with E-state index in [2.05, 4.69) is 95.6 Å². The van der Waals surface area contributed by atoms with E-state index in [9.17, 15) is 19.5 Å². The molecule has 0 atom stereocenters. The number of rotatable bonds is 7. The minimum absolute atomic E-state index is 0.0523. The molecule has 0 radical (unpaired) electrons. The van der Waals surface area contributed by atoms with Crippen LogP contribution in [-0.2, 0) is 6.42 Å². The molecule has 0 amide bonds. The molecule has 4 aromatic carbocycles. The standard InChI is InChI=1S/C31H16Br6O7/c1-2-23-25(16-5-3-4-6-24(16)42-23)26(38)13-7-19(34)28(20(35)8-13)43-31(41)15-11-21(36)29(22(37)12-15)44-30(40)14-9-17(32)27(39)18(33)10-14/h3-12,39H,2H2,1H3. The number of ketones is 1. The molecule has 224 valence electrons. The lowest BCUT2D eigenvalue weighted by molar-refractivity contribution is 0.0728. The highest BCUT2D eigenvalue weighted by Gasteiger charge is 2.25. The third-order valence-electron chi connectivity index (χ3n) is 6.35. The van der Waals surface area contributed by atoms with Gasteiger partial charge in [-0.1, -0.05) is 25.1 Å². The van der Waals surface area contributed by atoms with Crippen LogP contribution in [0.2, 0.25) is 0 Å². The van der Waals surface area contributed by atoms with Crippen molar-refractivity contribution in [2.45, 2.75) is 13.3 Å². The van der Waals surface area contributed by atoms with Crippen molar-refractivity contribution in [1.29, 1.82) is 0 Å². The highest BCUT2D eigenvalue weighted by Crippen LogP contribution is 2.40. The average Bonchev–Trinajstić information content (AvgIpc) is 3.37. The van der Waals surface area contributed by atoms with Crippen LogP contribution < -0.4 is 9.47 Å². The second-order valence-electron chi connectivity index (χ2n) is 9.18. The normalized spacial score (nSPS) is 11.1. The van der Waals surface area contributed by atoms with Gasteiger partial charge < -0.3 is 19.0 Å². The summed E-state index contributed by atoms with van der Waals surface area (Å²) in [5, 5.41) is 10.6. The van der Waals surface area contributed by atoms with Gasteiger partial charge >= 0.3 is 11.9 Å². The Balaban J connectivity index is 1.37. The Morgan fingerprint density at radius 3 is 1.59 bits per heavy atom. The fourth-order valence-corrected chi connectivity index (χ4v) is 8.17. The number of phenols is 1. The second-order valence-corrected chi connectivity index (χ2v) is 14.3. The van der Waals surface area contributed by atoms with Crippen molar-refractivity contribution in [3.8, 4) is 17.2 Å². The van der Waals surface area contributed by atoms with E-state index in [1.165, 1.54) is 24.3 Å². The average molecular weight is 980 g/mol. The highest BCUT2D eigenvalue weighted by molar-refractivity contribution is 9.12. The van der Waals surface area contributed by atoms with E-state index in [-0.39, 0.29) is 34.2 Å². The van der Waals surface area contributed by atoms with Crippen molar-refractivity contribution in [2.75, 3.05) is 0 Å². The monoisotopic (exact) mass is 974 g/mol. The lowest BCUT2D eigenvalue weighted by Crippen LogP contribution is -2.12. The fourth-order valence-electron chi connectivity index (χ4n) is 4.29. The minimum Gasteiger partial charge on any atom is -0.506 e. The quantitative estimate of drug-likeness (QED) is 0.0984. The number of hydrogen-bond acceptors (Lipinski definition) is 7. The molecule has 0 spiro atoms. The summed E-state index contributed by atoms with van der Waals surface area (Å²) in [6.07, 6.45) is 0.545. The van der Waals surface area contributed by atoms with Crippen LogP contribution in [-0.4, -0.2) is 22.8 Å². The molecule has 0 saturated carbocycles. The van der Waals surface area contributed by atoms with E-state index in [0.29, 0.717) is 55.7 Å². The summed E-state index contributed by atoms with van der Waals surface area (Å²) in [4.78, 5) is 39.6. The van der Waals surface area contributed by atoms with Crippen LogP contribution in [0.5, 0.6) is 17.2 Å². The van der Waals surface area contributed by atoms with E-state index in [1.54, 1.807) is 12.1 Å². The molecule has 0 aliphatic rings. The number of esters is 2. The molecule has 1 N–H and O–H groups in total. The fraction of sp³-hybridized carbons (Fsp3) is 0.0645. The van der Waals surface area contributed by atoms with Gasteiger partial charge in [-0.25, -0.2) is 9.59 Å². The van der Waals surface area contributed by atoms with Gasteiger partial charge in [0.2, 0.25) is 0 Å². The van der Waals surface area contributed by atoms with Gasteiger partial charge in [0.1, 0.15) is 17.1 Å². The smallest absolute Gasteiger partial charge is 0.343 e. The van der Waals surface area contributed by atoms with E-state index >= 15 is 0 Å². The molecule has 0 saturated heterocycles. The van der Waals surface area contributed by atoms with Crippen LogP contribution in [0.15, 0.2) is 91.9 Å². The van der Waals surface area contributed by atoms with Crippen LogP contribution in [0.3, 0.4) is 0 Å². The van der Waals surface area contributed by atoms with Crippen molar-refractivity contribution in [2.24, 2.45) is 0 Å². The lowest BCUT2D eigenvalue weighted by Gasteiger charge is -2.13. The third kappa shape index (κ3) is 6.63. The zero-order chi connectivity index (χ0) is 31.9. The van der Waals surface area contributed by atoms with Gasteiger partial charge in [-0.3, -0.25) is 4.79 Å². The number of carbonyl (C=O) groups is 3. The second kappa shape index (κ2) is 13.6. The number of fused-ring (bicyclic) bond motifs is 1. The van der Waals surface area contributed by atoms with Gasteiger partial charge in [-0.05, 0) is 138 Å². The number of carbonyl (C=O) groups excluding carboxylic acids is 3. The summed E-state index contributed by atoms with van der Waals surface area (Å²) in [5.74, 6) is -0.779. The molecule has 1 aromatic heterocycles. The zero-order valence-corrected chi connectivity index (χ0v) is 31.7. The van der Waals surface area contributed by atoms with Gasteiger partial charge in [0.05, 0.1) is 43.5 Å². The summed E-state index contributed by atoms with van der Waals surface area (Å²) in [5.41, 5.74) is 1.82. The Kier molecular flexibility index (Phi) is 10.2. The maximum atomic E-state index is 13.6. The van der Waals surface area contributed by atoms with E-state index in [0.717, 1.165) is 5.39 Å². The first-order valence-corrected chi connectivity index (χ1v) is 17.3. The Bertz CT molecular complexity index is 1930. The molecule has 0 aliphatic heterocycles. The molecule has 0 aliphatic carbocycles. The highest BCUT2D eigenvalue weighted by atomic mass is 79.9. The maximum Gasteiger partial charge on any atom is 0.343 e. The molecule has 0 unspecified atom stereocenters.